The molecule has 0 N–H and O–H groups in total. The van der Waals surface area contributed by atoms with E-state index in [4.69, 9.17) is 4.74 Å². The van der Waals surface area contributed by atoms with E-state index >= 15 is 0 Å². The molecule has 1 aliphatic carbocycles. The van der Waals surface area contributed by atoms with E-state index in [9.17, 15) is 4.79 Å². The average Bonchev–Trinajstić information content (AvgIpc) is 3.25. The van der Waals surface area contributed by atoms with Crippen molar-refractivity contribution in [2.75, 3.05) is 7.11 Å². The van der Waals surface area contributed by atoms with Crippen LogP contribution < -0.4 is 0 Å². The van der Waals surface area contributed by atoms with Crippen LogP contribution in [0.1, 0.15) is 59.3 Å². The summed E-state index contributed by atoms with van der Waals surface area (Å²) in [4.78, 5) is 13.5. The second-order valence-corrected chi connectivity index (χ2v) is 9.64. The lowest BCUT2D eigenvalue weighted by molar-refractivity contribution is 0.103. The summed E-state index contributed by atoms with van der Waals surface area (Å²) in [6.45, 7) is 4.24. The standard InChI is InChI=1S/C36H32O2/c1-25(36(38-3)26(2)33(27-15-7-4-8-16-27)28-17-9-5-10-18-28)23-24-32-34(29-19-11-6-12-20-29)30-21-13-14-22-31(30)35(32)37/h4-22H,23-24H2,1-3H3/b36-25+. The highest BCUT2D eigenvalue weighted by atomic mass is 16.5. The summed E-state index contributed by atoms with van der Waals surface area (Å²) >= 11 is 0. The summed E-state index contributed by atoms with van der Waals surface area (Å²) in [7, 11) is 1.74. The van der Waals surface area contributed by atoms with Crippen molar-refractivity contribution in [1.29, 1.82) is 0 Å². The first-order valence-corrected chi connectivity index (χ1v) is 13.1. The van der Waals surface area contributed by atoms with Crippen molar-refractivity contribution in [2.24, 2.45) is 0 Å². The Hall–Kier alpha value is -4.43. The van der Waals surface area contributed by atoms with Gasteiger partial charge in [0.05, 0.1) is 7.11 Å². The lowest BCUT2D eigenvalue weighted by Crippen LogP contribution is -2.03. The summed E-state index contributed by atoms with van der Waals surface area (Å²) in [6, 6.07) is 39.1. The number of carbonyl (C=O) groups excluding carboxylic acids is 1. The monoisotopic (exact) mass is 496 g/mol. The molecule has 0 aliphatic heterocycles. The summed E-state index contributed by atoms with van der Waals surface area (Å²) in [5.41, 5.74) is 10.5. The van der Waals surface area contributed by atoms with Gasteiger partial charge in [0.25, 0.3) is 0 Å². The summed E-state index contributed by atoms with van der Waals surface area (Å²) in [5, 5.41) is 0. The van der Waals surface area contributed by atoms with E-state index in [0.29, 0.717) is 6.42 Å². The molecule has 5 rings (SSSR count). The number of Topliss-reactive ketones (excluding diaryl/α,β-unsaturated/α-hetero) is 1. The van der Waals surface area contributed by atoms with Gasteiger partial charge < -0.3 is 4.74 Å². The quantitative estimate of drug-likeness (QED) is 0.180. The molecule has 0 spiro atoms. The van der Waals surface area contributed by atoms with Gasteiger partial charge in [-0.05, 0) is 71.2 Å². The van der Waals surface area contributed by atoms with Crippen molar-refractivity contribution in [3.8, 4) is 0 Å². The number of hydrogen-bond acceptors (Lipinski definition) is 2. The zero-order chi connectivity index (χ0) is 26.5. The van der Waals surface area contributed by atoms with E-state index in [1.165, 1.54) is 0 Å². The van der Waals surface area contributed by atoms with E-state index in [1.54, 1.807) is 7.11 Å². The van der Waals surface area contributed by atoms with Gasteiger partial charge in [-0.25, -0.2) is 0 Å². The van der Waals surface area contributed by atoms with E-state index < -0.39 is 0 Å². The molecule has 4 aromatic rings. The van der Waals surface area contributed by atoms with Crippen LogP contribution in [0, 0.1) is 0 Å². The highest BCUT2D eigenvalue weighted by Gasteiger charge is 2.29. The van der Waals surface area contributed by atoms with Gasteiger partial charge in [-0.2, -0.15) is 0 Å². The van der Waals surface area contributed by atoms with E-state index in [1.807, 2.05) is 48.5 Å². The van der Waals surface area contributed by atoms with Crippen molar-refractivity contribution < 1.29 is 9.53 Å². The number of rotatable bonds is 8. The van der Waals surface area contributed by atoms with Crippen LogP contribution in [0.4, 0.5) is 0 Å². The Bertz CT molecular complexity index is 1500. The second kappa shape index (κ2) is 11.3. The van der Waals surface area contributed by atoms with Crippen molar-refractivity contribution in [3.63, 3.8) is 0 Å². The minimum absolute atomic E-state index is 0.132. The summed E-state index contributed by atoms with van der Waals surface area (Å²) in [5.74, 6) is 1.00. The predicted molar refractivity (Wildman–Crippen MR) is 157 cm³/mol. The first-order valence-electron chi connectivity index (χ1n) is 13.1. The van der Waals surface area contributed by atoms with Gasteiger partial charge in [0.2, 0.25) is 0 Å². The third kappa shape index (κ3) is 4.90. The molecule has 0 amide bonds. The zero-order valence-corrected chi connectivity index (χ0v) is 22.2. The van der Waals surface area contributed by atoms with Crippen LogP contribution in [0.3, 0.4) is 0 Å². The first-order chi connectivity index (χ1) is 18.6. The number of methoxy groups -OCH3 is 1. The fourth-order valence-corrected chi connectivity index (χ4v) is 5.51. The van der Waals surface area contributed by atoms with Crippen LogP contribution in [0.25, 0.3) is 11.1 Å². The molecule has 0 unspecified atom stereocenters. The van der Waals surface area contributed by atoms with Gasteiger partial charge in [0.15, 0.2) is 5.78 Å². The molecule has 0 saturated carbocycles. The van der Waals surface area contributed by atoms with Crippen LogP contribution in [-0.2, 0) is 4.74 Å². The highest BCUT2D eigenvalue weighted by Crippen LogP contribution is 2.40. The molecule has 0 bridgehead atoms. The van der Waals surface area contributed by atoms with Crippen molar-refractivity contribution in [1.82, 2.24) is 0 Å². The second-order valence-electron chi connectivity index (χ2n) is 9.64. The molecule has 2 heteroatoms. The third-order valence-electron chi connectivity index (χ3n) is 7.26. The smallest absolute Gasteiger partial charge is 0.190 e. The molecule has 38 heavy (non-hydrogen) atoms. The molecule has 2 nitrogen and oxygen atoms in total. The summed E-state index contributed by atoms with van der Waals surface area (Å²) in [6.07, 6.45) is 1.37. The van der Waals surface area contributed by atoms with E-state index in [2.05, 4.69) is 80.6 Å². The molecule has 188 valence electrons. The largest absolute Gasteiger partial charge is 0.497 e. The normalized spacial score (nSPS) is 13.2. The lowest BCUT2D eigenvalue weighted by atomic mass is 9.90. The minimum atomic E-state index is 0.132. The molecule has 1 aliphatic rings. The number of ketones is 1. The molecular weight excluding hydrogens is 464 g/mol. The maximum Gasteiger partial charge on any atom is 0.190 e. The SMILES string of the molecule is CO/C(C(C)=C(c1ccccc1)c1ccccc1)=C(\C)CCC1=C(c2ccccc2)c2ccccc2C1=O. The predicted octanol–water partition coefficient (Wildman–Crippen LogP) is 8.91. The Morgan fingerprint density at radius 2 is 1.16 bits per heavy atom. The van der Waals surface area contributed by atoms with Gasteiger partial charge >= 0.3 is 0 Å². The van der Waals surface area contributed by atoms with Gasteiger partial charge in [-0.3, -0.25) is 4.79 Å². The maximum atomic E-state index is 13.5. The number of carbonyl (C=O) groups is 1. The van der Waals surface area contributed by atoms with Crippen molar-refractivity contribution in [2.45, 2.75) is 26.7 Å². The molecule has 0 radical (unpaired) electrons. The average molecular weight is 497 g/mol. The molecule has 0 atom stereocenters. The Morgan fingerprint density at radius 3 is 1.71 bits per heavy atom. The molecule has 0 fully saturated rings. The number of ether oxygens (including phenoxy) is 1. The lowest BCUT2D eigenvalue weighted by Gasteiger charge is -2.18. The van der Waals surface area contributed by atoms with E-state index in [0.717, 1.165) is 67.9 Å². The van der Waals surface area contributed by atoms with Gasteiger partial charge in [0.1, 0.15) is 5.76 Å². The molecule has 0 saturated heterocycles. The number of hydrogen-bond donors (Lipinski definition) is 0. The fourth-order valence-electron chi connectivity index (χ4n) is 5.51. The zero-order valence-electron chi connectivity index (χ0n) is 22.2. The van der Waals surface area contributed by atoms with Gasteiger partial charge in [-0.15, -0.1) is 0 Å². The molecule has 4 aromatic carbocycles. The number of benzene rings is 4. The summed E-state index contributed by atoms with van der Waals surface area (Å²) < 4.78 is 6.03. The van der Waals surface area contributed by atoms with Gasteiger partial charge in [-0.1, -0.05) is 115 Å². The first kappa shape index (κ1) is 25.2. The van der Waals surface area contributed by atoms with Crippen LogP contribution in [0.5, 0.6) is 0 Å². The molecular formula is C36H32O2. The highest BCUT2D eigenvalue weighted by molar-refractivity contribution is 6.22. The maximum absolute atomic E-state index is 13.5. The number of allylic oxidation sites excluding steroid dienone is 3. The Labute approximate surface area is 225 Å². The van der Waals surface area contributed by atoms with Crippen LogP contribution in [-0.4, -0.2) is 12.9 Å². The van der Waals surface area contributed by atoms with Crippen LogP contribution in [0.15, 0.2) is 138 Å². The van der Waals surface area contributed by atoms with Crippen molar-refractivity contribution in [3.05, 3.63) is 166 Å². The van der Waals surface area contributed by atoms with E-state index in [-0.39, 0.29) is 5.78 Å². The van der Waals surface area contributed by atoms with Crippen molar-refractivity contribution >= 4 is 16.9 Å². The Balaban J connectivity index is 1.55. The molecule has 0 aromatic heterocycles. The fraction of sp³-hybridized carbons (Fsp3) is 0.139. The topological polar surface area (TPSA) is 26.3 Å². The van der Waals surface area contributed by atoms with Crippen LogP contribution >= 0.6 is 0 Å². The Kier molecular flexibility index (Phi) is 7.51. The third-order valence-corrected chi connectivity index (χ3v) is 7.26. The Morgan fingerprint density at radius 1 is 0.658 bits per heavy atom. The molecule has 0 heterocycles. The van der Waals surface area contributed by atoms with Gasteiger partial charge in [0, 0.05) is 11.1 Å². The van der Waals surface area contributed by atoms with Crippen LogP contribution in [0.2, 0.25) is 0 Å². The minimum Gasteiger partial charge on any atom is -0.497 e. The number of fused-ring (bicyclic) bond motifs is 1.